The second-order valence-corrected chi connectivity index (χ2v) is 4.54. The fourth-order valence-electron chi connectivity index (χ4n) is 2.24. The molecule has 0 spiro atoms. The Morgan fingerprint density at radius 1 is 0.950 bits per heavy atom. The highest BCUT2D eigenvalue weighted by atomic mass is 16.5. The molecule has 0 aliphatic heterocycles. The van der Waals surface area contributed by atoms with Gasteiger partial charge in [0.05, 0.1) is 0 Å². The maximum Gasteiger partial charge on any atom is 0.221 e. The average Bonchev–Trinajstić information content (AvgIpc) is 2.53. The molecule has 20 heavy (non-hydrogen) atoms. The summed E-state index contributed by atoms with van der Waals surface area (Å²) in [6.45, 7) is 0.525. The molecule has 0 atom stereocenters. The molecule has 3 heteroatoms. The van der Waals surface area contributed by atoms with Crippen molar-refractivity contribution in [1.82, 2.24) is 4.98 Å². The Labute approximate surface area is 118 Å². The van der Waals surface area contributed by atoms with Crippen molar-refractivity contribution in [3.8, 4) is 5.88 Å². The maximum absolute atomic E-state index is 5.87. The molecule has 3 aromatic rings. The van der Waals surface area contributed by atoms with Crippen molar-refractivity contribution < 1.29 is 4.74 Å². The molecule has 0 saturated carbocycles. The number of pyridine rings is 1. The van der Waals surface area contributed by atoms with Gasteiger partial charge in [0.15, 0.2) is 0 Å². The lowest BCUT2D eigenvalue weighted by atomic mass is 10.1. The van der Waals surface area contributed by atoms with E-state index in [1.165, 1.54) is 0 Å². The van der Waals surface area contributed by atoms with E-state index in [4.69, 9.17) is 4.74 Å². The number of aromatic nitrogens is 1. The first-order valence-electron chi connectivity index (χ1n) is 6.60. The van der Waals surface area contributed by atoms with Crippen LogP contribution >= 0.6 is 0 Å². The van der Waals surface area contributed by atoms with E-state index < -0.39 is 0 Å². The van der Waals surface area contributed by atoms with Gasteiger partial charge in [0.1, 0.15) is 6.61 Å². The summed E-state index contributed by atoms with van der Waals surface area (Å²) in [5.41, 5.74) is 2.21. The first-order chi connectivity index (χ1) is 9.88. The van der Waals surface area contributed by atoms with Crippen LogP contribution in [-0.4, -0.2) is 12.0 Å². The van der Waals surface area contributed by atoms with Crippen LogP contribution in [0.5, 0.6) is 5.88 Å². The Morgan fingerprint density at radius 2 is 1.80 bits per heavy atom. The van der Waals surface area contributed by atoms with Gasteiger partial charge in [-0.3, -0.25) is 0 Å². The van der Waals surface area contributed by atoms with Gasteiger partial charge in [-0.25, -0.2) is 4.98 Å². The van der Waals surface area contributed by atoms with Crippen LogP contribution in [-0.2, 0) is 6.61 Å². The lowest BCUT2D eigenvalue weighted by Crippen LogP contribution is -1.98. The van der Waals surface area contributed by atoms with E-state index in [2.05, 4.69) is 10.3 Å². The zero-order valence-corrected chi connectivity index (χ0v) is 11.3. The van der Waals surface area contributed by atoms with E-state index in [1.807, 2.05) is 61.6 Å². The number of benzene rings is 2. The monoisotopic (exact) mass is 264 g/mol. The number of rotatable bonds is 4. The summed E-state index contributed by atoms with van der Waals surface area (Å²) in [6.07, 6.45) is 1.78. The van der Waals surface area contributed by atoms with Crippen molar-refractivity contribution in [2.75, 3.05) is 12.4 Å². The molecule has 0 saturated heterocycles. The topological polar surface area (TPSA) is 34.1 Å². The van der Waals surface area contributed by atoms with Gasteiger partial charge in [-0.15, -0.1) is 0 Å². The number of anilines is 1. The quantitative estimate of drug-likeness (QED) is 0.777. The minimum atomic E-state index is 0.525. The molecule has 0 fully saturated rings. The summed E-state index contributed by atoms with van der Waals surface area (Å²) in [6, 6.07) is 18.2. The molecule has 1 heterocycles. The SMILES string of the molecule is CNc1cccc2c(OCc3ccccc3)nccc12. The molecule has 1 N–H and O–H groups in total. The van der Waals surface area contributed by atoms with Gasteiger partial charge >= 0.3 is 0 Å². The summed E-state index contributed by atoms with van der Waals surface area (Å²) >= 11 is 0. The summed E-state index contributed by atoms with van der Waals surface area (Å²) in [7, 11) is 1.92. The van der Waals surface area contributed by atoms with Crippen LogP contribution in [0.15, 0.2) is 60.8 Å². The van der Waals surface area contributed by atoms with Crippen LogP contribution in [0, 0.1) is 0 Å². The third-order valence-corrected chi connectivity index (χ3v) is 3.26. The molecule has 1 aromatic heterocycles. The molecular weight excluding hydrogens is 248 g/mol. The highest BCUT2D eigenvalue weighted by Crippen LogP contribution is 2.29. The van der Waals surface area contributed by atoms with Crippen molar-refractivity contribution in [3.05, 3.63) is 66.4 Å². The zero-order valence-electron chi connectivity index (χ0n) is 11.3. The van der Waals surface area contributed by atoms with Crippen molar-refractivity contribution in [3.63, 3.8) is 0 Å². The van der Waals surface area contributed by atoms with Crippen LogP contribution in [0.25, 0.3) is 10.8 Å². The van der Waals surface area contributed by atoms with Gasteiger partial charge in [-0.1, -0.05) is 36.4 Å². The minimum Gasteiger partial charge on any atom is -0.472 e. The second-order valence-electron chi connectivity index (χ2n) is 4.54. The fourth-order valence-corrected chi connectivity index (χ4v) is 2.24. The van der Waals surface area contributed by atoms with Gasteiger partial charge in [0.2, 0.25) is 5.88 Å². The summed E-state index contributed by atoms with van der Waals surface area (Å²) in [4.78, 5) is 4.35. The Bertz CT molecular complexity index is 711. The first-order valence-corrected chi connectivity index (χ1v) is 6.60. The van der Waals surface area contributed by atoms with E-state index in [-0.39, 0.29) is 0 Å². The Balaban J connectivity index is 1.92. The number of fused-ring (bicyclic) bond motifs is 1. The molecule has 0 amide bonds. The van der Waals surface area contributed by atoms with Crippen molar-refractivity contribution in [1.29, 1.82) is 0 Å². The zero-order chi connectivity index (χ0) is 13.8. The third-order valence-electron chi connectivity index (χ3n) is 3.26. The second kappa shape index (κ2) is 5.61. The van der Waals surface area contributed by atoms with Gasteiger partial charge in [0, 0.05) is 29.7 Å². The Hall–Kier alpha value is -2.55. The van der Waals surface area contributed by atoms with Gasteiger partial charge in [0.25, 0.3) is 0 Å². The molecule has 3 rings (SSSR count). The summed E-state index contributed by atoms with van der Waals surface area (Å²) in [5.74, 6) is 0.670. The van der Waals surface area contributed by atoms with Gasteiger partial charge in [-0.05, 0) is 23.8 Å². The predicted molar refractivity (Wildman–Crippen MR) is 82.1 cm³/mol. The molecule has 2 aromatic carbocycles. The third kappa shape index (κ3) is 2.43. The number of hydrogen-bond donors (Lipinski definition) is 1. The van der Waals surface area contributed by atoms with Crippen LogP contribution in [0.2, 0.25) is 0 Å². The standard InChI is InChI=1S/C17H16N2O/c1-18-16-9-5-8-15-14(16)10-11-19-17(15)20-12-13-6-3-2-4-7-13/h2-11,18H,12H2,1H3. The van der Waals surface area contributed by atoms with Gasteiger partial charge in [-0.2, -0.15) is 0 Å². The highest BCUT2D eigenvalue weighted by molar-refractivity contribution is 5.96. The normalized spacial score (nSPS) is 10.4. The van der Waals surface area contributed by atoms with E-state index in [9.17, 15) is 0 Å². The van der Waals surface area contributed by atoms with Gasteiger partial charge < -0.3 is 10.1 Å². The first kappa shape index (κ1) is 12.5. The molecule has 0 radical (unpaired) electrons. The molecule has 0 aliphatic rings. The van der Waals surface area contributed by atoms with E-state index in [0.717, 1.165) is 22.0 Å². The largest absolute Gasteiger partial charge is 0.472 e. The van der Waals surface area contributed by atoms with E-state index >= 15 is 0 Å². The Kier molecular flexibility index (Phi) is 3.50. The highest BCUT2D eigenvalue weighted by Gasteiger charge is 2.06. The number of ether oxygens (including phenoxy) is 1. The average molecular weight is 264 g/mol. The summed E-state index contributed by atoms with van der Waals surface area (Å²) in [5, 5.41) is 5.33. The molecule has 0 unspecified atom stereocenters. The van der Waals surface area contributed by atoms with Crippen molar-refractivity contribution >= 4 is 16.5 Å². The number of hydrogen-bond acceptors (Lipinski definition) is 3. The van der Waals surface area contributed by atoms with Crippen molar-refractivity contribution in [2.24, 2.45) is 0 Å². The molecule has 3 nitrogen and oxygen atoms in total. The van der Waals surface area contributed by atoms with Crippen LogP contribution < -0.4 is 10.1 Å². The molecule has 0 aliphatic carbocycles. The molecule has 100 valence electrons. The van der Waals surface area contributed by atoms with E-state index in [1.54, 1.807) is 6.20 Å². The molecule has 0 bridgehead atoms. The smallest absolute Gasteiger partial charge is 0.221 e. The van der Waals surface area contributed by atoms with Crippen LogP contribution in [0.4, 0.5) is 5.69 Å². The van der Waals surface area contributed by atoms with Crippen molar-refractivity contribution in [2.45, 2.75) is 6.61 Å². The number of nitrogens with zero attached hydrogens (tertiary/aromatic N) is 1. The molecular formula is C17H16N2O. The Morgan fingerprint density at radius 3 is 2.60 bits per heavy atom. The van der Waals surface area contributed by atoms with E-state index in [0.29, 0.717) is 12.5 Å². The number of nitrogens with one attached hydrogen (secondary N) is 1. The summed E-state index contributed by atoms with van der Waals surface area (Å²) < 4.78 is 5.87. The lowest BCUT2D eigenvalue weighted by molar-refractivity contribution is 0.298. The maximum atomic E-state index is 5.87. The lowest BCUT2D eigenvalue weighted by Gasteiger charge is -2.10. The minimum absolute atomic E-state index is 0.525. The van der Waals surface area contributed by atoms with Crippen LogP contribution in [0.3, 0.4) is 0 Å². The predicted octanol–water partition coefficient (Wildman–Crippen LogP) is 3.86. The van der Waals surface area contributed by atoms with Crippen LogP contribution in [0.1, 0.15) is 5.56 Å². The fraction of sp³-hybridized carbons (Fsp3) is 0.118.